The lowest BCUT2D eigenvalue weighted by Crippen LogP contribution is -2.51. The molecule has 1 aliphatic rings. The Morgan fingerprint density at radius 1 is 0.758 bits per heavy atom. The molecule has 1 heterocycles. The highest BCUT2D eigenvalue weighted by molar-refractivity contribution is 6.04. The van der Waals surface area contributed by atoms with Gasteiger partial charge >= 0.3 is 0 Å². The molecule has 3 amide bonds. The molecule has 0 radical (unpaired) electrons. The largest absolute Gasteiger partial charge is 0.339 e. The van der Waals surface area contributed by atoms with Crippen LogP contribution in [0.15, 0.2) is 78.9 Å². The van der Waals surface area contributed by atoms with Crippen molar-refractivity contribution in [1.29, 1.82) is 0 Å². The summed E-state index contributed by atoms with van der Waals surface area (Å²) in [5, 5.41) is 2.83. The van der Waals surface area contributed by atoms with Crippen molar-refractivity contribution in [1.82, 2.24) is 9.80 Å². The maximum absolute atomic E-state index is 12.8. The van der Waals surface area contributed by atoms with Crippen molar-refractivity contribution in [3.8, 4) is 11.1 Å². The predicted molar refractivity (Wildman–Crippen MR) is 129 cm³/mol. The van der Waals surface area contributed by atoms with Gasteiger partial charge in [0.2, 0.25) is 11.8 Å². The lowest BCUT2D eigenvalue weighted by Gasteiger charge is -2.35. The summed E-state index contributed by atoms with van der Waals surface area (Å²) < 4.78 is 0. The Morgan fingerprint density at radius 3 is 2.12 bits per heavy atom. The molecule has 0 atom stereocenters. The van der Waals surface area contributed by atoms with E-state index < -0.39 is 0 Å². The van der Waals surface area contributed by atoms with Crippen molar-refractivity contribution in [2.75, 3.05) is 31.5 Å². The molecule has 0 aliphatic carbocycles. The maximum Gasteiger partial charge on any atom is 0.254 e. The summed E-state index contributed by atoms with van der Waals surface area (Å²) in [4.78, 5) is 41.3. The number of nitrogens with one attached hydrogen (secondary N) is 1. The maximum atomic E-state index is 12.8. The fourth-order valence-corrected chi connectivity index (χ4v) is 4.00. The van der Waals surface area contributed by atoms with Gasteiger partial charge < -0.3 is 15.1 Å². The first kappa shape index (κ1) is 22.3. The van der Waals surface area contributed by atoms with Gasteiger partial charge in [0.05, 0.1) is 0 Å². The van der Waals surface area contributed by atoms with Crippen molar-refractivity contribution in [2.45, 2.75) is 13.3 Å². The number of hydrogen-bond acceptors (Lipinski definition) is 3. The molecule has 6 heteroatoms. The number of benzene rings is 3. The molecule has 0 aromatic heterocycles. The minimum atomic E-state index is -0.344. The van der Waals surface area contributed by atoms with Gasteiger partial charge in [-0.1, -0.05) is 60.7 Å². The van der Waals surface area contributed by atoms with Crippen molar-refractivity contribution >= 4 is 23.4 Å². The van der Waals surface area contributed by atoms with E-state index in [1.54, 1.807) is 9.80 Å². The van der Waals surface area contributed by atoms with Crippen molar-refractivity contribution in [3.05, 3.63) is 90.0 Å². The molecule has 0 unspecified atom stereocenters. The molecule has 33 heavy (non-hydrogen) atoms. The fourth-order valence-electron chi connectivity index (χ4n) is 4.00. The second-order valence-electron chi connectivity index (χ2n) is 8.16. The summed E-state index contributed by atoms with van der Waals surface area (Å²) in [7, 11) is 0. The van der Waals surface area contributed by atoms with E-state index in [1.807, 2.05) is 85.8 Å². The highest BCUT2D eigenvalue weighted by Gasteiger charge is 2.26. The summed E-state index contributed by atoms with van der Waals surface area (Å²) in [6, 6.07) is 25.0. The minimum Gasteiger partial charge on any atom is -0.339 e. The molecule has 1 saturated heterocycles. The normalized spacial score (nSPS) is 13.5. The zero-order valence-corrected chi connectivity index (χ0v) is 18.7. The Labute approximate surface area is 193 Å². The van der Waals surface area contributed by atoms with Crippen LogP contribution >= 0.6 is 0 Å². The van der Waals surface area contributed by atoms with E-state index >= 15 is 0 Å². The van der Waals surface area contributed by atoms with Gasteiger partial charge in [0.25, 0.3) is 5.91 Å². The number of nitrogens with zero attached hydrogens (tertiary/aromatic N) is 2. The van der Waals surface area contributed by atoms with E-state index in [-0.39, 0.29) is 24.1 Å². The zero-order chi connectivity index (χ0) is 23.2. The van der Waals surface area contributed by atoms with Gasteiger partial charge in [-0.15, -0.1) is 0 Å². The van der Waals surface area contributed by atoms with Crippen LogP contribution in [-0.4, -0.2) is 53.7 Å². The first-order valence-electron chi connectivity index (χ1n) is 11.1. The molecule has 6 nitrogen and oxygen atoms in total. The number of hydrogen-bond donors (Lipinski definition) is 1. The molecular weight excluding hydrogens is 414 g/mol. The van der Waals surface area contributed by atoms with E-state index in [4.69, 9.17) is 0 Å². The number of carbonyl (C=O) groups excluding carboxylic acids is 3. The first-order valence-corrected chi connectivity index (χ1v) is 11.1. The number of carbonyl (C=O) groups is 3. The van der Waals surface area contributed by atoms with Crippen molar-refractivity contribution in [2.24, 2.45) is 0 Å². The van der Waals surface area contributed by atoms with Crippen molar-refractivity contribution in [3.63, 3.8) is 0 Å². The number of anilines is 1. The van der Waals surface area contributed by atoms with Crippen LogP contribution in [0.2, 0.25) is 0 Å². The highest BCUT2D eigenvalue weighted by Crippen LogP contribution is 2.22. The predicted octanol–water partition coefficient (Wildman–Crippen LogP) is 3.98. The quantitative estimate of drug-likeness (QED) is 0.609. The number of aryl methyl sites for hydroxylation is 1. The number of piperazine rings is 1. The number of amides is 3. The Bertz CT molecular complexity index is 1150. The molecule has 3 aromatic rings. The van der Waals surface area contributed by atoms with Crippen LogP contribution in [0.25, 0.3) is 11.1 Å². The molecular formula is C27H27N3O3. The molecule has 1 aliphatic heterocycles. The monoisotopic (exact) mass is 441 g/mol. The second kappa shape index (κ2) is 10.1. The Hall–Kier alpha value is -3.93. The molecule has 4 rings (SSSR count). The molecule has 3 aromatic carbocycles. The van der Waals surface area contributed by atoms with Crippen LogP contribution in [0.4, 0.5) is 5.69 Å². The summed E-state index contributed by atoms with van der Waals surface area (Å²) in [5.74, 6) is -0.588. The summed E-state index contributed by atoms with van der Waals surface area (Å²) in [6.07, 6.45) is -0.221. The van der Waals surface area contributed by atoms with Crippen LogP contribution in [-0.2, 0) is 9.59 Å². The molecule has 1 N–H and O–H groups in total. The molecule has 0 saturated carbocycles. The van der Waals surface area contributed by atoms with E-state index in [9.17, 15) is 14.4 Å². The van der Waals surface area contributed by atoms with Crippen LogP contribution in [0, 0.1) is 6.92 Å². The minimum absolute atomic E-state index is 0.0174. The molecule has 0 bridgehead atoms. The Balaban J connectivity index is 1.29. The van der Waals surface area contributed by atoms with Crippen LogP contribution in [0.1, 0.15) is 22.3 Å². The summed E-state index contributed by atoms with van der Waals surface area (Å²) in [5.41, 5.74) is 4.34. The average molecular weight is 442 g/mol. The third-order valence-corrected chi connectivity index (χ3v) is 5.86. The molecule has 0 spiro atoms. The van der Waals surface area contributed by atoms with Gasteiger partial charge in [-0.25, -0.2) is 0 Å². The van der Waals surface area contributed by atoms with Gasteiger partial charge in [0.1, 0.15) is 6.42 Å². The summed E-state index contributed by atoms with van der Waals surface area (Å²) >= 11 is 0. The van der Waals surface area contributed by atoms with Crippen LogP contribution < -0.4 is 5.32 Å². The zero-order valence-electron chi connectivity index (χ0n) is 18.7. The van der Waals surface area contributed by atoms with Gasteiger partial charge in [-0.2, -0.15) is 0 Å². The van der Waals surface area contributed by atoms with Gasteiger partial charge in [0.15, 0.2) is 0 Å². The fraction of sp³-hybridized carbons (Fsp3) is 0.222. The topological polar surface area (TPSA) is 69.7 Å². The lowest BCUT2D eigenvalue weighted by molar-refractivity contribution is -0.135. The standard InChI is InChI=1S/C27H27N3O3/c1-20-8-5-6-13-24(20)27(33)30-16-14-29(15-17-30)26(32)19-25(31)28-23-12-7-11-22(18-23)21-9-3-2-4-10-21/h2-13,18H,14-17,19H2,1H3,(H,28,31). The highest BCUT2D eigenvalue weighted by atomic mass is 16.2. The summed E-state index contributed by atoms with van der Waals surface area (Å²) in [6.45, 7) is 3.68. The third-order valence-electron chi connectivity index (χ3n) is 5.86. The van der Waals surface area contributed by atoms with E-state index in [1.165, 1.54) is 0 Å². The van der Waals surface area contributed by atoms with E-state index in [2.05, 4.69) is 5.32 Å². The smallest absolute Gasteiger partial charge is 0.254 e. The molecule has 1 fully saturated rings. The Kier molecular flexibility index (Phi) is 6.83. The van der Waals surface area contributed by atoms with E-state index in [0.717, 1.165) is 16.7 Å². The average Bonchev–Trinajstić information content (AvgIpc) is 2.84. The van der Waals surface area contributed by atoms with Crippen molar-refractivity contribution < 1.29 is 14.4 Å². The van der Waals surface area contributed by atoms with Crippen LogP contribution in [0.3, 0.4) is 0 Å². The Morgan fingerprint density at radius 2 is 1.39 bits per heavy atom. The van der Waals surface area contributed by atoms with Crippen LogP contribution in [0.5, 0.6) is 0 Å². The van der Waals surface area contributed by atoms with Gasteiger partial charge in [0, 0.05) is 37.4 Å². The SMILES string of the molecule is Cc1ccccc1C(=O)N1CCN(C(=O)CC(=O)Nc2cccc(-c3ccccc3)c2)CC1. The molecule has 168 valence electrons. The van der Waals surface area contributed by atoms with E-state index in [0.29, 0.717) is 37.4 Å². The number of rotatable bonds is 5. The van der Waals surface area contributed by atoms with Gasteiger partial charge in [-0.3, -0.25) is 14.4 Å². The first-order chi connectivity index (χ1) is 16.0. The second-order valence-corrected chi connectivity index (χ2v) is 8.16. The van der Waals surface area contributed by atoms with Gasteiger partial charge in [-0.05, 0) is 41.8 Å². The lowest BCUT2D eigenvalue weighted by atomic mass is 10.1. The third kappa shape index (κ3) is 5.47.